The summed E-state index contributed by atoms with van der Waals surface area (Å²) in [6.07, 6.45) is 0.745. The molecule has 18 heavy (non-hydrogen) atoms. The van der Waals surface area contributed by atoms with E-state index in [0.29, 0.717) is 22.9 Å². The summed E-state index contributed by atoms with van der Waals surface area (Å²) in [7, 11) is 0. The van der Waals surface area contributed by atoms with Crippen LogP contribution in [0.5, 0.6) is 5.75 Å². The van der Waals surface area contributed by atoms with Gasteiger partial charge in [0, 0.05) is 8.59 Å². The van der Waals surface area contributed by atoms with Crippen LogP contribution in [0.2, 0.25) is 5.02 Å². The number of carbonyl (C=O) groups is 1. The Labute approximate surface area is 124 Å². The summed E-state index contributed by atoms with van der Waals surface area (Å²) in [5.74, 6) is 0.549. The maximum Gasteiger partial charge on any atom is 0.153 e. The second-order valence-electron chi connectivity index (χ2n) is 3.72. The van der Waals surface area contributed by atoms with Crippen LogP contribution in [0.25, 0.3) is 0 Å². The van der Waals surface area contributed by atoms with Crippen molar-refractivity contribution in [3.63, 3.8) is 0 Å². The molecule has 4 heteroatoms. The third kappa shape index (κ3) is 3.46. The van der Waals surface area contributed by atoms with Gasteiger partial charge in [0.15, 0.2) is 6.29 Å². The van der Waals surface area contributed by atoms with Gasteiger partial charge in [0.1, 0.15) is 12.4 Å². The molecule has 2 rings (SSSR count). The highest BCUT2D eigenvalue weighted by molar-refractivity contribution is 14.1. The first-order valence-corrected chi connectivity index (χ1v) is 6.76. The smallest absolute Gasteiger partial charge is 0.153 e. The Balaban J connectivity index is 2.10. The molecular weight excluding hydrogens is 363 g/mol. The number of rotatable bonds is 4. The van der Waals surface area contributed by atoms with Crippen molar-refractivity contribution in [2.45, 2.75) is 6.61 Å². The molecule has 92 valence electrons. The number of aldehydes is 1. The molecule has 0 heterocycles. The lowest BCUT2D eigenvalue weighted by molar-refractivity contribution is 0.111. The predicted octanol–water partition coefficient (Wildman–Crippen LogP) is 4.34. The quantitative estimate of drug-likeness (QED) is 0.590. The molecule has 0 fully saturated rings. The molecule has 0 unspecified atom stereocenters. The second-order valence-corrected chi connectivity index (χ2v) is 5.40. The first-order chi connectivity index (χ1) is 8.69. The summed E-state index contributed by atoms with van der Waals surface area (Å²) in [6.45, 7) is 0.430. The molecule has 0 aliphatic carbocycles. The third-order valence-corrected chi connectivity index (χ3v) is 3.36. The zero-order valence-corrected chi connectivity index (χ0v) is 12.3. The van der Waals surface area contributed by atoms with E-state index in [1.807, 2.05) is 24.3 Å². The van der Waals surface area contributed by atoms with Crippen LogP contribution in [0.3, 0.4) is 0 Å². The third-order valence-electron chi connectivity index (χ3n) is 2.41. The minimum Gasteiger partial charge on any atom is -0.488 e. The van der Waals surface area contributed by atoms with E-state index in [9.17, 15) is 4.79 Å². The fourth-order valence-corrected chi connectivity index (χ4v) is 2.02. The van der Waals surface area contributed by atoms with Crippen LogP contribution in [-0.2, 0) is 6.61 Å². The van der Waals surface area contributed by atoms with Gasteiger partial charge >= 0.3 is 0 Å². The van der Waals surface area contributed by atoms with Gasteiger partial charge in [0.25, 0.3) is 0 Å². The zero-order chi connectivity index (χ0) is 13.0. The fourth-order valence-electron chi connectivity index (χ4n) is 1.48. The van der Waals surface area contributed by atoms with Gasteiger partial charge in [-0.2, -0.15) is 0 Å². The molecule has 0 amide bonds. The number of benzene rings is 2. The van der Waals surface area contributed by atoms with Crippen molar-refractivity contribution in [3.8, 4) is 5.75 Å². The molecule has 2 aromatic carbocycles. The monoisotopic (exact) mass is 372 g/mol. The van der Waals surface area contributed by atoms with E-state index in [0.717, 1.165) is 11.8 Å². The van der Waals surface area contributed by atoms with Crippen molar-refractivity contribution < 1.29 is 9.53 Å². The lowest BCUT2D eigenvalue weighted by Crippen LogP contribution is -1.98. The molecule has 0 aliphatic rings. The molecule has 0 bridgehead atoms. The number of hydrogen-bond donors (Lipinski definition) is 0. The molecule has 0 saturated carbocycles. The SMILES string of the molecule is O=Cc1cc(Cl)ccc1OCc1ccc(I)cc1. The summed E-state index contributed by atoms with van der Waals surface area (Å²) in [5, 5.41) is 0.527. The maximum atomic E-state index is 10.9. The Bertz CT molecular complexity index is 552. The molecule has 0 aliphatic heterocycles. The number of halogens is 2. The highest BCUT2D eigenvalue weighted by Gasteiger charge is 2.04. The van der Waals surface area contributed by atoms with E-state index < -0.39 is 0 Å². The summed E-state index contributed by atoms with van der Waals surface area (Å²) in [6, 6.07) is 13.0. The minimum absolute atomic E-state index is 0.430. The van der Waals surface area contributed by atoms with Crippen LogP contribution < -0.4 is 4.74 Å². The van der Waals surface area contributed by atoms with Crippen LogP contribution >= 0.6 is 34.2 Å². The van der Waals surface area contributed by atoms with Gasteiger partial charge in [-0.05, 0) is 58.5 Å². The average molecular weight is 373 g/mol. The number of carbonyl (C=O) groups excluding carboxylic acids is 1. The van der Waals surface area contributed by atoms with Crippen molar-refractivity contribution in [2.75, 3.05) is 0 Å². The van der Waals surface area contributed by atoms with Crippen molar-refractivity contribution in [3.05, 3.63) is 62.2 Å². The number of hydrogen-bond acceptors (Lipinski definition) is 2. The summed E-state index contributed by atoms with van der Waals surface area (Å²) in [4.78, 5) is 10.9. The Kier molecular flexibility index (Phi) is 4.60. The van der Waals surface area contributed by atoms with Crippen LogP contribution in [0.1, 0.15) is 15.9 Å². The van der Waals surface area contributed by atoms with Crippen LogP contribution in [0.4, 0.5) is 0 Å². The lowest BCUT2D eigenvalue weighted by atomic mass is 10.2. The lowest BCUT2D eigenvalue weighted by Gasteiger charge is -2.08. The van der Waals surface area contributed by atoms with Crippen molar-refractivity contribution in [2.24, 2.45) is 0 Å². The Morgan fingerprint density at radius 3 is 2.56 bits per heavy atom. The minimum atomic E-state index is 0.430. The van der Waals surface area contributed by atoms with Gasteiger partial charge in [-0.15, -0.1) is 0 Å². The van der Waals surface area contributed by atoms with E-state index in [2.05, 4.69) is 22.6 Å². The Morgan fingerprint density at radius 2 is 1.89 bits per heavy atom. The fraction of sp³-hybridized carbons (Fsp3) is 0.0714. The van der Waals surface area contributed by atoms with Crippen LogP contribution in [-0.4, -0.2) is 6.29 Å². The van der Waals surface area contributed by atoms with Crippen molar-refractivity contribution >= 4 is 40.5 Å². The van der Waals surface area contributed by atoms with Gasteiger partial charge in [0.2, 0.25) is 0 Å². The zero-order valence-electron chi connectivity index (χ0n) is 9.40. The van der Waals surface area contributed by atoms with E-state index in [1.54, 1.807) is 18.2 Å². The predicted molar refractivity (Wildman–Crippen MR) is 80.3 cm³/mol. The molecule has 2 nitrogen and oxygen atoms in total. The molecule has 0 spiro atoms. The first kappa shape index (κ1) is 13.4. The van der Waals surface area contributed by atoms with Crippen LogP contribution in [0, 0.1) is 3.57 Å². The molecule has 0 aromatic heterocycles. The normalized spacial score (nSPS) is 10.1. The van der Waals surface area contributed by atoms with E-state index >= 15 is 0 Å². The Morgan fingerprint density at radius 1 is 1.17 bits per heavy atom. The van der Waals surface area contributed by atoms with Gasteiger partial charge in [0.05, 0.1) is 5.56 Å². The van der Waals surface area contributed by atoms with Gasteiger partial charge in [-0.25, -0.2) is 0 Å². The van der Waals surface area contributed by atoms with Crippen LogP contribution in [0.15, 0.2) is 42.5 Å². The maximum absolute atomic E-state index is 10.9. The van der Waals surface area contributed by atoms with Crippen molar-refractivity contribution in [1.29, 1.82) is 0 Å². The highest BCUT2D eigenvalue weighted by Crippen LogP contribution is 2.22. The highest BCUT2D eigenvalue weighted by atomic mass is 127. The standard InChI is InChI=1S/C14H10ClIO2/c15-12-3-6-14(11(7-12)8-17)18-9-10-1-4-13(16)5-2-10/h1-8H,9H2. The first-order valence-electron chi connectivity index (χ1n) is 5.31. The molecule has 0 saturated heterocycles. The van der Waals surface area contributed by atoms with Gasteiger partial charge in [-0.3, -0.25) is 4.79 Å². The molecule has 0 radical (unpaired) electrons. The van der Waals surface area contributed by atoms with E-state index in [4.69, 9.17) is 16.3 Å². The van der Waals surface area contributed by atoms with Crippen molar-refractivity contribution in [1.82, 2.24) is 0 Å². The molecule has 2 aromatic rings. The van der Waals surface area contributed by atoms with E-state index in [1.165, 1.54) is 3.57 Å². The van der Waals surface area contributed by atoms with Gasteiger partial charge in [-0.1, -0.05) is 23.7 Å². The largest absolute Gasteiger partial charge is 0.488 e. The van der Waals surface area contributed by atoms with Gasteiger partial charge < -0.3 is 4.74 Å². The number of ether oxygens (including phenoxy) is 1. The summed E-state index contributed by atoms with van der Waals surface area (Å²) < 4.78 is 6.79. The molecular formula is C14H10ClIO2. The molecule has 0 atom stereocenters. The topological polar surface area (TPSA) is 26.3 Å². The summed E-state index contributed by atoms with van der Waals surface area (Å²) in [5.41, 5.74) is 1.52. The average Bonchev–Trinajstić information content (AvgIpc) is 2.39. The second kappa shape index (κ2) is 6.20. The van der Waals surface area contributed by atoms with E-state index in [-0.39, 0.29) is 0 Å². The molecule has 0 N–H and O–H groups in total. The Hall–Kier alpha value is -1.07. The summed E-state index contributed by atoms with van der Waals surface area (Å²) >= 11 is 8.06.